The second-order valence-electron chi connectivity index (χ2n) is 5.30. The first-order valence-corrected chi connectivity index (χ1v) is 8.16. The highest BCUT2D eigenvalue weighted by Crippen LogP contribution is 2.29. The maximum absolute atomic E-state index is 12.3. The zero-order valence-corrected chi connectivity index (χ0v) is 14.6. The number of hydrogen-bond acceptors (Lipinski definition) is 4. The molecule has 0 spiro atoms. The zero-order valence-electron chi connectivity index (χ0n) is 13.8. The van der Waals surface area contributed by atoms with E-state index in [0.717, 1.165) is 0 Å². The van der Waals surface area contributed by atoms with Crippen molar-refractivity contribution in [2.24, 2.45) is 0 Å². The predicted octanol–water partition coefficient (Wildman–Crippen LogP) is 4.43. The summed E-state index contributed by atoms with van der Waals surface area (Å²) >= 11 is 5.86. The van der Waals surface area contributed by atoms with E-state index >= 15 is 0 Å². The predicted molar refractivity (Wildman–Crippen MR) is 95.3 cm³/mol. The van der Waals surface area contributed by atoms with Gasteiger partial charge < -0.3 is 14.8 Å². The number of nitrogens with zero attached hydrogens (tertiary/aromatic N) is 2. The standard InChI is InChI=1S/C18H14ClF2N3O3/c19-14-10-12(6-7-16(14)27-18(20)21)22-17(25)15-8-9-24(23-15)11-26-13-4-2-1-3-5-13/h1-10,18H,11H2,(H,22,25). The molecule has 0 fully saturated rings. The summed E-state index contributed by atoms with van der Waals surface area (Å²) in [6, 6.07) is 14.7. The molecule has 6 nitrogen and oxygen atoms in total. The Kier molecular flexibility index (Phi) is 5.87. The first kappa shape index (κ1) is 18.7. The number of anilines is 1. The first-order valence-electron chi connectivity index (χ1n) is 7.78. The molecule has 140 valence electrons. The number of halogens is 3. The number of nitrogens with one attached hydrogen (secondary N) is 1. The van der Waals surface area contributed by atoms with E-state index in [1.807, 2.05) is 30.3 Å². The van der Waals surface area contributed by atoms with Gasteiger partial charge in [-0.15, -0.1) is 0 Å². The Balaban J connectivity index is 1.60. The van der Waals surface area contributed by atoms with E-state index in [1.54, 1.807) is 6.20 Å². The second kappa shape index (κ2) is 8.50. The lowest BCUT2D eigenvalue weighted by Gasteiger charge is -2.09. The topological polar surface area (TPSA) is 65.4 Å². The number of para-hydroxylation sites is 1. The van der Waals surface area contributed by atoms with Gasteiger partial charge in [-0.2, -0.15) is 13.9 Å². The highest BCUT2D eigenvalue weighted by molar-refractivity contribution is 6.32. The van der Waals surface area contributed by atoms with Crippen LogP contribution in [-0.4, -0.2) is 22.3 Å². The van der Waals surface area contributed by atoms with Crippen molar-refractivity contribution in [3.8, 4) is 11.5 Å². The molecule has 3 rings (SSSR count). The Morgan fingerprint density at radius 3 is 2.67 bits per heavy atom. The van der Waals surface area contributed by atoms with Crippen molar-refractivity contribution in [3.63, 3.8) is 0 Å². The highest BCUT2D eigenvalue weighted by Gasteiger charge is 2.13. The van der Waals surface area contributed by atoms with Crippen molar-refractivity contribution in [2.75, 3.05) is 5.32 Å². The van der Waals surface area contributed by atoms with Crippen LogP contribution >= 0.6 is 11.6 Å². The normalized spacial score (nSPS) is 10.7. The van der Waals surface area contributed by atoms with Crippen molar-refractivity contribution in [2.45, 2.75) is 13.3 Å². The van der Waals surface area contributed by atoms with E-state index in [2.05, 4.69) is 15.2 Å². The van der Waals surface area contributed by atoms with Crippen molar-refractivity contribution < 1.29 is 23.0 Å². The van der Waals surface area contributed by atoms with Crippen molar-refractivity contribution in [1.29, 1.82) is 0 Å². The third kappa shape index (κ3) is 5.18. The number of alkyl halides is 2. The molecule has 0 aliphatic rings. The number of ether oxygens (including phenoxy) is 2. The molecule has 1 aromatic heterocycles. The van der Waals surface area contributed by atoms with Gasteiger partial charge in [-0.05, 0) is 36.4 Å². The van der Waals surface area contributed by atoms with Crippen LogP contribution < -0.4 is 14.8 Å². The van der Waals surface area contributed by atoms with Crippen LogP contribution in [0.4, 0.5) is 14.5 Å². The minimum absolute atomic E-state index is 0.0464. The number of benzene rings is 2. The molecule has 2 aromatic carbocycles. The van der Waals surface area contributed by atoms with Gasteiger partial charge in [-0.3, -0.25) is 4.79 Å². The molecule has 0 atom stereocenters. The van der Waals surface area contributed by atoms with Crippen LogP contribution in [0.15, 0.2) is 60.8 Å². The van der Waals surface area contributed by atoms with E-state index in [4.69, 9.17) is 16.3 Å². The first-order chi connectivity index (χ1) is 13.0. The lowest BCUT2D eigenvalue weighted by molar-refractivity contribution is -0.0497. The van der Waals surface area contributed by atoms with Gasteiger partial charge in [0.05, 0.1) is 5.02 Å². The largest absolute Gasteiger partial charge is 0.471 e. The Morgan fingerprint density at radius 2 is 1.96 bits per heavy atom. The summed E-state index contributed by atoms with van der Waals surface area (Å²) in [5.41, 5.74) is 0.484. The molecule has 0 unspecified atom stereocenters. The van der Waals surface area contributed by atoms with Gasteiger partial charge in [0.15, 0.2) is 12.4 Å². The Bertz CT molecular complexity index is 919. The monoisotopic (exact) mass is 393 g/mol. The highest BCUT2D eigenvalue weighted by atomic mass is 35.5. The van der Waals surface area contributed by atoms with Crippen molar-refractivity contribution in [1.82, 2.24) is 9.78 Å². The molecule has 1 N–H and O–H groups in total. The molecule has 0 aliphatic carbocycles. The molecule has 3 aromatic rings. The Morgan fingerprint density at radius 1 is 1.19 bits per heavy atom. The van der Waals surface area contributed by atoms with Crippen LogP contribution in [0.2, 0.25) is 5.02 Å². The van der Waals surface area contributed by atoms with Crippen LogP contribution in [0.25, 0.3) is 0 Å². The number of amides is 1. The van der Waals surface area contributed by atoms with E-state index in [9.17, 15) is 13.6 Å². The van der Waals surface area contributed by atoms with Gasteiger partial charge >= 0.3 is 6.61 Å². The van der Waals surface area contributed by atoms with Crippen LogP contribution in [0.5, 0.6) is 11.5 Å². The maximum Gasteiger partial charge on any atom is 0.387 e. The third-order valence-corrected chi connectivity index (χ3v) is 3.68. The fourth-order valence-electron chi connectivity index (χ4n) is 2.18. The summed E-state index contributed by atoms with van der Waals surface area (Å²) in [6.07, 6.45) is 1.60. The van der Waals surface area contributed by atoms with Crippen molar-refractivity contribution >= 4 is 23.2 Å². The van der Waals surface area contributed by atoms with E-state index < -0.39 is 12.5 Å². The van der Waals surface area contributed by atoms with Gasteiger partial charge in [-0.25, -0.2) is 4.68 Å². The summed E-state index contributed by atoms with van der Waals surface area (Å²) in [7, 11) is 0. The smallest absolute Gasteiger partial charge is 0.387 e. The lowest BCUT2D eigenvalue weighted by Crippen LogP contribution is -2.14. The molecular formula is C18H14ClF2N3O3. The molecule has 0 radical (unpaired) electrons. The fourth-order valence-corrected chi connectivity index (χ4v) is 2.40. The number of carbonyl (C=O) groups is 1. The maximum atomic E-state index is 12.3. The summed E-state index contributed by atoms with van der Waals surface area (Å²) in [6.45, 7) is -2.84. The number of rotatable bonds is 7. The van der Waals surface area contributed by atoms with Crippen LogP contribution in [-0.2, 0) is 6.73 Å². The van der Waals surface area contributed by atoms with Gasteiger partial charge in [0.25, 0.3) is 5.91 Å². The number of hydrogen-bond donors (Lipinski definition) is 1. The lowest BCUT2D eigenvalue weighted by atomic mass is 10.3. The quantitative estimate of drug-likeness (QED) is 0.645. The molecule has 0 bridgehead atoms. The third-order valence-electron chi connectivity index (χ3n) is 3.39. The summed E-state index contributed by atoms with van der Waals surface area (Å²) in [5, 5.41) is 6.66. The van der Waals surface area contributed by atoms with Crippen LogP contribution in [0.1, 0.15) is 10.5 Å². The summed E-state index contributed by atoms with van der Waals surface area (Å²) in [5.74, 6) is 0.0267. The van der Waals surface area contributed by atoms with E-state index in [0.29, 0.717) is 11.4 Å². The van der Waals surface area contributed by atoms with Crippen LogP contribution in [0, 0.1) is 0 Å². The summed E-state index contributed by atoms with van der Waals surface area (Å²) < 4.78 is 35.7. The molecule has 1 amide bonds. The van der Waals surface area contributed by atoms with Gasteiger partial charge in [0.2, 0.25) is 0 Å². The average Bonchev–Trinajstić information content (AvgIpc) is 3.12. The molecule has 27 heavy (non-hydrogen) atoms. The SMILES string of the molecule is O=C(Nc1ccc(OC(F)F)c(Cl)c1)c1ccn(COc2ccccc2)n1. The number of aromatic nitrogens is 2. The molecular weight excluding hydrogens is 380 g/mol. The van der Waals surface area contributed by atoms with Gasteiger partial charge in [-0.1, -0.05) is 29.8 Å². The zero-order chi connectivity index (χ0) is 19.2. The molecule has 0 saturated heterocycles. The minimum Gasteiger partial charge on any atom is -0.471 e. The molecule has 9 heteroatoms. The fraction of sp³-hybridized carbons (Fsp3) is 0.111. The molecule has 0 saturated carbocycles. The van der Waals surface area contributed by atoms with Crippen molar-refractivity contribution in [3.05, 3.63) is 71.5 Å². The minimum atomic E-state index is -2.98. The van der Waals surface area contributed by atoms with E-state index in [1.165, 1.54) is 28.9 Å². The van der Waals surface area contributed by atoms with E-state index in [-0.39, 0.29) is 23.2 Å². The molecule has 1 heterocycles. The van der Waals surface area contributed by atoms with Crippen LogP contribution in [0.3, 0.4) is 0 Å². The number of carbonyl (C=O) groups excluding carboxylic acids is 1. The van der Waals surface area contributed by atoms with Gasteiger partial charge in [0.1, 0.15) is 11.5 Å². The Hall–Kier alpha value is -3.13. The van der Waals surface area contributed by atoms with Gasteiger partial charge in [0, 0.05) is 11.9 Å². The molecule has 0 aliphatic heterocycles. The Labute approximate surface area is 158 Å². The average molecular weight is 394 g/mol. The second-order valence-corrected chi connectivity index (χ2v) is 5.71. The summed E-state index contributed by atoms with van der Waals surface area (Å²) in [4.78, 5) is 12.3.